The number of anilines is 1. The second-order valence-electron chi connectivity index (χ2n) is 6.25. The zero-order valence-electron chi connectivity index (χ0n) is 12.6. The molecule has 1 aromatic rings. The van der Waals surface area contributed by atoms with Crippen molar-refractivity contribution in [3.8, 4) is 0 Å². The highest BCUT2D eigenvalue weighted by atomic mass is 16.5. The van der Waals surface area contributed by atoms with Crippen LogP contribution in [0.1, 0.15) is 37.8 Å². The first-order valence-electron chi connectivity index (χ1n) is 7.76. The first-order chi connectivity index (χ1) is 10.5. The normalized spacial score (nSPS) is 28.3. The Morgan fingerprint density at radius 1 is 1.45 bits per heavy atom. The highest BCUT2D eigenvalue weighted by Gasteiger charge is 2.45. The predicted octanol–water partition coefficient (Wildman–Crippen LogP) is 1.64. The minimum absolute atomic E-state index is 0.0812. The Bertz CT molecular complexity index is 571. The highest BCUT2D eigenvalue weighted by Crippen LogP contribution is 2.39. The number of rotatable bonds is 4. The van der Waals surface area contributed by atoms with Crippen molar-refractivity contribution in [2.24, 2.45) is 5.92 Å². The van der Waals surface area contributed by atoms with Gasteiger partial charge in [0, 0.05) is 12.1 Å². The van der Waals surface area contributed by atoms with Crippen molar-refractivity contribution in [2.45, 2.75) is 51.1 Å². The molecule has 3 atom stereocenters. The third-order valence-corrected chi connectivity index (χ3v) is 4.72. The fraction of sp³-hybridized carbons (Fsp3) is 0.667. The van der Waals surface area contributed by atoms with E-state index in [2.05, 4.69) is 10.5 Å². The number of carboxylic acid groups (broad SMARTS) is 1. The number of fused-ring (bicyclic) bond motifs is 1. The van der Waals surface area contributed by atoms with Gasteiger partial charge in [-0.3, -0.25) is 19.8 Å². The van der Waals surface area contributed by atoms with Crippen LogP contribution in [0.5, 0.6) is 0 Å². The quantitative estimate of drug-likeness (QED) is 0.878. The van der Waals surface area contributed by atoms with Crippen molar-refractivity contribution >= 4 is 17.8 Å². The van der Waals surface area contributed by atoms with E-state index in [0.29, 0.717) is 23.9 Å². The monoisotopic (exact) mass is 307 g/mol. The van der Waals surface area contributed by atoms with Crippen LogP contribution in [-0.4, -0.2) is 45.7 Å². The van der Waals surface area contributed by atoms with Gasteiger partial charge in [-0.15, -0.1) is 0 Å². The molecule has 2 aliphatic rings. The first-order valence-corrected chi connectivity index (χ1v) is 7.76. The van der Waals surface area contributed by atoms with E-state index < -0.39 is 12.0 Å². The van der Waals surface area contributed by atoms with E-state index in [0.717, 1.165) is 25.7 Å². The van der Waals surface area contributed by atoms with Crippen LogP contribution in [0.4, 0.5) is 5.88 Å². The zero-order chi connectivity index (χ0) is 15.7. The molecular formula is C15H21N3O4. The molecule has 7 nitrogen and oxygen atoms in total. The van der Waals surface area contributed by atoms with E-state index in [-0.39, 0.29) is 18.5 Å². The lowest BCUT2D eigenvalue weighted by Crippen LogP contribution is -2.46. The summed E-state index contributed by atoms with van der Waals surface area (Å²) in [6, 6.07) is 1.28. The fourth-order valence-electron chi connectivity index (χ4n) is 3.79. The van der Waals surface area contributed by atoms with Gasteiger partial charge in [-0.05, 0) is 32.1 Å². The highest BCUT2D eigenvalue weighted by molar-refractivity contribution is 5.91. The van der Waals surface area contributed by atoms with E-state index in [1.54, 1.807) is 13.0 Å². The van der Waals surface area contributed by atoms with Crippen molar-refractivity contribution in [1.29, 1.82) is 0 Å². The van der Waals surface area contributed by atoms with Crippen LogP contribution in [0, 0.1) is 12.8 Å². The van der Waals surface area contributed by atoms with E-state index in [1.807, 2.05) is 4.90 Å². The summed E-state index contributed by atoms with van der Waals surface area (Å²) in [6.45, 7) is 1.85. The van der Waals surface area contributed by atoms with Crippen molar-refractivity contribution in [3.63, 3.8) is 0 Å². The number of aryl methyl sites for hydroxylation is 1. The summed E-state index contributed by atoms with van der Waals surface area (Å²) in [4.78, 5) is 25.5. The van der Waals surface area contributed by atoms with Gasteiger partial charge in [0.2, 0.25) is 11.8 Å². The summed E-state index contributed by atoms with van der Waals surface area (Å²) in [6.07, 6.45) is 4.95. The molecule has 0 spiro atoms. The lowest BCUT2D eigenvalue weighted by atomic mass is 9.85. The summed E-state index contributed by atoms with van der Waals surface area (Å²) in [5.74, 6) is -0.393. The van der Waals surface area contributed by atoms with E-state index in [4.69, 9.17) is 4.52 Å². The van der Waals surface area contributed by atoms with Crippen LogP contribution in [0.3, 0.4) is 0 Å². The van der Waals surface area contributed by atoms with Gasteiger partial charge in [0.1, 0.15) is 6.04 Å². The van der Waals surface area contributed by atoms with Gasteiger partial charge in [0.05, 0.1) is 12.2 Å². The molecule has 1 aromatic heterocycles. The molecule has 3 rings (SSSR count). The zero-order valence-corrected chi connectivity index (χ0v) is 12.6. The van der Waals surface area contributed by atoms with Crippen LogP contribution in [0.2, 0.25) is 0 Å². The summed E-state index contributed by atoms with van der Waals surface area (Å²) >= 11 is 0. The average Bonchev–Trinajstić information content (AvgIpc) is 3.03. The minimum Gasteiger partial charge on any atom is -0.480 e. The Balaban J connectivity index is 1.67. The number of carbonyl (C=O) groups is 2. The average molecular weight is 307 g/mol. The molecule has 0 unspecified atom stereocenters. The van der Waals surface area contributed by atoms with Gasteiger partial charge in [-0.1, -0.05) is 18.0 Å². The standard InChI is InChI=1S/C15H21N3O4/c1-9-6-14(22-17-9)16-13(19)8-18-11-5-3-2-4-10(11)7-12(18)15(20)21/h6,10-12H,2-5,7-8H2,1H3,(H,16,19)(H,20,21)/t10-,11+,12+/m1/s1. The molecule has 2 fully saturated rings. The fourth-order valence-corrected chi connectivity index (χ4v) is 3.79. The van der Waals surface area contributed by atoms with E-state index in [9.17, 15) is 14.7 Å². The molecule has 2 heterocycles. The largest absolute Gasteiger partial charge is 0.480 e. The second kappa shape index (κ2) is 6.08. The number of carbonyl (C=O) groups excluding carboxylic acids is 1. The van der Waals surface area contributed by atoms with Crippen LogP contribution >= 0.6 is 0 Å². The molecule has 1 amide bonds. The Morgan fingerprint density at radius 3 is 2.91 bits per heavy atom. The van der Waals surface area contributed by atoms with Crippen LogP contribution in [-0.2, 0) is 9.59 Å². The molecule has 0 aromatic carbocycles. The Morgan fingerprint density at radius 2 is 2.23 bits per heavy atom. The maximum absolute atomic E-state index is 12.2. The summed E-state index contributed by atoms with van der Waals surface area (Å²) in [5.41, 5.74) is 0.687. The Kier molecular flexibility index (Phi) is 4.15. The summed E-state index contributed by atoms with van der Waals surface area (Å²) in [5, 5.41) is 15.8. The van der Waals surface area contributed by atoms with Crippen molar-refractivity contribution in [2.75, 3.05) is 11.9 Å². The molecule has 1 aliphatic carbocycles. The molecular weight excluding hydrogens is 286 g/mol. The topological polar surface area (TPSA) is 95.7 Å². The van der Waals surface area contributed by atoms with Gasteiger partial charge < -0.3 is 9.63 Å². The molecule has 1 saturated heterocycles. The number of nitrogens with one attached hydrogen (secondary N) is 1. The molecule has 0 radical (unpaired) electrons. The lowest BCUT2D eigenvalue weighted by molar-refractivity contribution is -0.143. The molecule has 0 bridgehead atoms. The van der Waals surface area contributed by atoms with Crippen molar-refractivity contribution in [1.82, 2.24) is 10.1 Å². The number of nitrogens with zero attached hydrogens (tertiary/aromatic N) is 2. The first kappa shape index (κ1) is 15.0. The third-order valence-electron chi connectivity index (χ3n) is 4.72. The Labute approximate surface area is 128 Å². The third kappa shape index (κ3) is 2.99. The van der Waals surface area contributed by atoms with Crippen LogP contribution in [0.25, 0.3) is 0 Å². The smallest absolute Gasteiger partial charge is 0.320 e. The molecule has 1 saturated carbocycles. The van der Waals surface area contributed by atoms with Gasteiger partial charge >= 0.3 is 5.97 Å². The van der Waals surface area contributed by atoms with Crippen LogP contribution in [0.15, 0.2) is 10.6 Å². The number of hydrogen-bond donors (Lipinski definition) is 2. The number of aliphatic carboxylic acids is 1. The van der Waals surface area contributed by atoms with Gasteiger partial charge in [0.25, 0.3) is 0 Å². The predicted molar refractivity (Wildman–Crippen MR) is 78.4 cm³/mol. The number of aromatic nitrogens is 1. The summed E-state index contributed by atoms with van der Waals surface area (Å²) < 4.78 is 4.96. The van der Waals surface area contributed by atoms with Crippen LogP contribution < -0.4 is 5.32 Å². The maximum Gasteiger partial charge on any atom is 0.320 e. The minimum atomic E-state index is -0.835. The molecule has 7 heteroatoms. The number of amides is 1. The van der Waals surface area contributed by atoms with Gasteiger partial charge in [-0.2, -0.15) is 0 Å². The van der Waals surface area contributed by atoms with Crippen molar-refractivity contribution < 1.29 is 19.2 Å². The van der Waals surface area contributed by atoms with Gasteiger partial charge in [0.15, 0.2) is 0 Å². The molecule has 2 N–H and O–H groups in total. The van der Waals surface area contributed by atoms with E-state index >= 15 is 0 Å². The SMILES string of the molecule is Cc1cc(NC(=O)CN2[C@H](C(=O)O)C[C@H]3CCCC[C@@H]32)on1. The van der Waals surface area contributed by atoms with E-state index in [1.165, 1.54) is 0 Å². The lowest BCUT2D eigenvalue weighted by Gasteiger charge is -2.32. The number of carboxylic acids is 1. The summed E-state index contributed by atoms with van der Waals surface area (Å²) in [7, 11) is 0. The number of likely N-dealkylation sites (tertiary alicyclic amines) is 1. The maximum atomic E-state index is 12.2. The Hall–Kier alpha value is -1.89. The molecule has 120 valence electrons. The second-order valence-corrected chi connectivity index (χ2v) is 6.25. The molecule has 22 heavy (non-hydrogen) atoms. The van der Waals surface area contributed by atoms with Crippen molar-refractivity contribution in [3.05, 3.63) is 11.8 Å². The molecule has 1 aliphatic heterocycles. The number of hydrogen-bond acceptors (Lipinski definition) is 5. The van der Waals surface area contributed by atoms with Gasteiger partial charge in [-0.25, -0.2) is 0 Å².